The first-order valence-electron chi connectivity index (χ1n) is 4.32. The maximum atomic E-state index is 4.47. The summed E-state index contributed by atoms with van der Waals surface area (Å²) in [5.74, 6) is 0. The van der Waals surface area contributed by atoms with Crippen LogP contribution in [0.15, 0.2) is 21.9 Å². The summed E-state index contributed by atoms with van der Waals surface area (Å²) in [6.45, 7) is 0. The van der Waals surface area contributed by atoms with E-state index in [1.54, 1.807) is 0 Å². The van der Waals surface area contributed by atoms with E-state index in [-0.39, 0.29) is 0 Å². The molecule has 64 valence electrons. The Morgan fingerprint density at radius 3 is 2.58 bits per heavy atom. The fourth-order valence-corrected chi connectivity index (χ4v) is 2.34. The minimum Gasteiger partial charge on any atom is -0.142 e. The molecular weight excluding hydrogens is 184 g/mol. The van der Waals surface area contributed by atoms with Crippen LogP contribution in [0.4, 0.5) is 0 Å². The van der Waals surface area contributed by atoms with Gasteiger partial charge in [0.2, 0.25) is 0 Å². The SMILES string of the molecule is Sc1ccc2c(c1S)CCCC2. The molecule has 0 amide bonds. The molecule has 2 heteroatoms. The van der Waals surface area contributed by atoms with Crippen molar-refractivity contribution in [3.05, 3.63) is 23.3 Å². The Morgan fingerprint density at radius 2 is 1.75 bits per heavy atom. The molecule has 0 saturated heterocycles. The minimum absolute atomic E-state index is 1.01. The molecule has 1 aliphatic rings. The van der Waals surface area contributed by atoms with E-state index >= 15 is 0 Å². The van der Waals surface area contributed by atoms with Crippen LogP contribution in [0.25, 0.3) is 0 Å². The minimum atomic E-state index is 1.01. The molecule has 0 radical (unpaired) electrons. The van der Waals surface area contributed by atoms with E-state index in [0.29, 0.717) is 0 Å². The molecule has 1 aromatic rings. The van der Waals surface area contributed by atoms with Crippen LogP contribution in [0.2, 0.25) is 0 Å². The van der Waals surface area contributed by atoms with Crippen LogP contribution in [0.1, 0.15) is 24.0 Å². The van der Waals surface area contributed by atoms with Gasteiger partial charge in [0.05, 0.1) is 0 Å². The van der Waals surface area contributed by atoms with E-state index < -0.39 is 0 Å². The maximum Gasteiger partial charge on any atom is 0.0209 e. The van der Waals surface area contributed by atoms with Gasteiger partial charge in [-0.25, -0.2) is 0 Å². The van der Waals surface area contributed by atoms with Crippen LogP contribution in [0.3, 0.4) is 0 Å². The molecule has 0 bridgehead atoms. The van der Waals surface area contributed by atoms with Crippen molar-refractivity contribution in [2.45, 2.75) is 35.5 Å². The Balaban J connectivity index is 2.54. The Labute approximate surface area is 84.2 Å². The van der Waals surface area contributed by atoms with Crippen LogP contribution in [-0.4, -0.2) is 0 Å². The monoisotopic (exact) mass is 196 g/mol. The zero-order valence-corrected chi connectivity index (χ0v) is 8.67. The van der Waals surface area contributed by atoms with Crippen molar-refractivity contribution >= 4 is 25.3 Å². The van der Waals surface area contributed by atoms with E-state index in [1.165, 1.54) is 36.8 Å². The maximum absolute atomic E-state index is 4.47. The molecule has 0 N–H and O–H groups in total. The zero-order valence-electron chi connectivity index (χ0n) is 6.88. The van der Waals surface area contributed by atoms with Gasteiger partial charge < -0.3 is 0 Å². The van der Waals surface area contributed by atoms with Crippen molar-refractivity contribution in [2.75, 3.05) is 0 Å². The van der Waals surface area contributed by atoms with Gasteiger partial charge in [-0.15, -0.1) is 25.3 Å². The third-order valence-corrected chi connectivity index (χ3v) is 3.54. The van der Waals surface area contributed by atoms with Gasteiger partial charge in [-0.3, -0.25) is 0 Å². The molecule has 0 spiro atoms. The number of benzene rings is 1. The third kappa shape index (κ3) is 1.38. The largest absolute Gasteiger partial charge is 0.142 e. The Kier molecular flexibility index (Phi) is 2.37. The molecule has 0 heterocycles. The van der Waals surface area contributed by atoms with Crippen molar-refractivity contribution in [1.29, 1.82) is 0 Å². The predicted octanol–water partition coefficient (Wildman–Crippen LogP) is 3.14. The summed E-state index contributed by atoms with van der Waals surface area (Å²) >= 11 is 8.83. The predicted molar refractivity (Wildman–Crippen MR) is 57.6 cm³/mol. The molecule has 0 aliphatic heterocycles. The quantitative estimate of drug-likeness (QED) is 0.585. The number of fused-ring (bicyclic) bond motifs is 1. The van der Waals surface area contributed by atoms with Gasteiger partial charge >= 0.3 is 0 Å². The van der Waals surface area contributed by atoms with E-state index in [1.807, 2.05) is 0 Å². The van der Waals surface area contributed by atoms with Gasteiger partial charge in [0.25, 0.3) is 0 Å². The van der Waals surface area contributed by atoms with Crippen molar-refractivity contribution < 1.29 is 0 Å². The van der Waals surface area contributed by atoms with Gasteiger partial charge in [-0.1, -0.05) is 6.07 Å². The molecule has 0 fully saturated rings. The molecule has 0 unspecified atom stereocenters. The van der Waals surface area contributed by atoms with Crippen molar-refractivity contribution in [3.63, 3.8) is 0 Å². The van der Waals surface area contributed by atoms with Crippen molar-refractivity contribution in [2.24, 2.45) is 0 Å². The number of thiol groups is 2. The molecule has 1 aromatic carbocycles. The highest BCUT2D eigenvalue weighted by Crippen LogP contribution is 2.30. The average molecular weight is 196 g/mol. The highest BCUT2D eigenvalue weighted by atomic mass is 32.1. The van der Waals surface area contributed by atoms with Gasteiger partial charge in [0.15, 0.2) is 0 Å². The lowest BCUT2D eigenvalue weighted by atomic mass is 9.92. The smallest absolute Gasteiger partial charge is 0.0209 e. The van der Waals surface area contributed by atoms with Crippen molar-refractivity contribution in [1.82, 2.24) is 0 Å². The lowest BCUT2D eigenvalue weighted by Gasteiger charge is -2.18. The van der Waals surface area contributed by atoms with Crippen molar-refractivity contribution in [3.8, 4) is 0 Å². The summed E-state index contributed by atoms with van der Waals surface area (Å²) < 4.78 is 0. The first-order valence-corrected chi connectivity index (χ1v) is 5.21. The van der Waals surface area contributed by atoms with Crippen LogP contribution in [0, 0.1) is 0 Å². The van der Waals surface area contributed by atoms with Crippen LogP contribution in [0.5, 0.6) is 0 Å². The highest BCUT2D eigenvalue weighted by Gasteiger charge is 2.12. The number of hydrogen-bond donors (Lipinski definition) is 2. The molecule has 1 aliphatic carbocycles. The van der Waals surface area contributed by atoms with E-state index in [2.05, 4.69) is 37.4 Å². The summed E-state index contributed by atoms with van der Waals surface area (Å²) in [5.41, 5.74) is 2.90. The van der Waals surface area contributed by atoms with Gasteiger partial charge in [-0.05, 0) is 42.9 Å². The molecule has 0 aromatic heterocycles. The second-order valence-electron chi connectivity index (χ2n) is 3.28. The summed E-state index contributed by atoms with van der Waals surface area (Å²) in [5, 5.41) is 0. The molecule has 0 nitrogen and oxygen atoms in total. The fraction of sp³-hybridized carbons (Fsp3) is 0.400. The van der Waals surface area contributed by atoms with Crippen LogP contribution >= 0.6 is 25.3 Å². The Bertz CT molecular complexity index is 305. The summed E-state index contributed by atoms with van der Waals surface area (Å²) in [4.78, 5) is 2.11. The zero-order chi connectivity index (χ0) is 8.55. The van der Waals surface area contributed by atoms with Gasteiger partial charge in [-0.2, -0.15) is 0 Å². The molecule has 2 rings (SSSR count). The van der Waals surface area contributed by atoms with E-state index in [0.717, 1.165) is 9.79 Å². The first kappa shape index (κ1) is 8.52. The van der Waals surface area contributed by atoms with E-state index in [9.17, 15) is 0 Å². The van der Waals surface area contributed by atoms with E-state index in [4.69, 9.17) is 0 Å². The summed E-state index contributed by atoms with van der Waals surface area (Å²) in [6, 6.07) is 4.24. The normalized spacial score (nSPS) is 15.8. The number of rotatable bonds is 0. The second kappa shape index (κ2) is 3.35. The van der Waals surface area contributed by atoms with Crippen LogP contribution in [-0.2, 0) is 12.8 Å². The first-order chi connectivity index (χ1) is 5.79. The van der Waals surface area contributed by atoms with Gasteiger partial charge in [0, 0.05) is 9.79 Å². The average Bonchev–Trinajstić information content (AvgIpc) is 2.12. The highest BCUT2D eigenvalue weighted by molar-refractivity contribution is 7.83. The number of hydrogen-bond acceptors (Lipinski definition) is 2. The Morgan fingerprint density at radius 1 is 1.00 bits per heavy atom. The topological polar surface area (TPSA) is 0 Å². The lowest BCUT2D eigenvalue weighted by Crippen LogP contribution is -2.03. The summed E-state index contributed by atoms with van der Waals surface area (Å²) in [6.07, 6.45) is 5.03. The van der Waals surface area contributed by atoms with Crippen LogP contribution < -0.4 is 0 Å². The summed E-state index contributed by atoms with van der Waals surface area (Å²) in [7, 11) is 0. The molecule has 0 atom stereocenters. The fourth-order valence-electron chi connectivity index (χ4n) is 1.80. The molecular formula is C10H12S2. The molecule has 12 heavy (non-hydrogen) atoms. The van der Waals surface area contributed by atoms with Gasteiger partial charge in [0.1, 0.15) is 0 Å². The third-order valence-electron chi connectivity index (χ3n) is 2.48. The number of aryl methyl sites for hydroxylation is 1. The Hall–Kier alpha value is -0.0800. The lowest BCUT2D eigenvalue weighted by molar-refractivity contribution is 0.672. The molecule has 0 saturated carbocycles. The standard InChI is InChI=1S/C10H12S2/c11-9-6-5-7-3-1-2-4-8(7)10(9)12/h5-6,11-12H,1-4H2. The second-order valence-corrected chi connectivity index (χ2v) is 4.21.